The molecule has 1 aliphatic heterocycles. The molecule has 0 aromatic carbocycles. The number of rotatable bonds is 3. The Labute approximate surface area is 127 Å². The van der Waals surface area contributed by atoms with Gasteiger partial charge in [-0.1, -0.05) is 6.07 Å². The molecule has 1 aliphatic rings. The van der Waals surface area contributed by atoms with E-state index in [2.05, 4.69) is 15.0 Å². The van der Waals surface area contributed by atoms with Gasteiger partial charge in [0.25, 0.3) is 0 Å². The summed E-state index contributed by atoms with van der Waals surface area (Å²) in [5, 5.41) is 0. The summed E-state index contributed by atoms with van der Waals surface area (Å²) >= 11 is 0. The third kappa shape index (κ3) is 2.26. The molecule has 3 aromatic rings. The summed E-state index contributed by atoms with van der Waals surface area (Å²) in [5.41, 5.74) is 1.68. The molecule has 6 nitrogen and oxygen atoms in total. The minimum Gasteiger partial charge on any atom is -0.347 e. The van der Waals surface area contributed by atoms with E-state index in [9.17, 15) is 4.79 Å². The van der Waals surface area contributed by atoms with Crippen molar-refractivity contribution in [3.63, 3.8) is 0 Å². The van der Waals surface area contributed by atoms with Crippen LogP contribution >= 0.6 is 0 Å². The third-order valence-electron chi connectivity index (χ3n) is 4.15. The number of aromatic amines is 1. The lowest BCUT2D eigenvalue weighted by Gasteiger charge is -2.22. The van der Waals surface area contributed by atoms with Gasteiger partial charge in [-0.05, 0) is 25.0 Å². The van der Waals surface area contributed by atoms with E-state index in [1.165, 1.54) is 0 Å². The number of H-pyrrole nitrogens is 1. The van der Waals surface area contributed by atoms with E-state index in [4.69, 9.17) is 0 Å². The fourth-order valence-electron chi connectivity index (χ4n) is 3.14. The van der Waals surface area contributed by atoms with Crippen LogP contribution in [0.25, 0.3) is 5.65 Å². The summed E-state index contributed by atoms with van der Waals surface area (Å²) < 4.78 is 1.94. The van der Waals surface area contributed by atoms with Crippen LogP contribution in [0.4, 0.5) is 0 Å². The lowest BCUT2D eigenvalue weighted by Crippen LogP contribution is -2.32. The molecular formula is C16H17N5O. The van der Waals surface area contributed by atoms with Crippen molar-refractivity contribution in [3.05, 3.63) is 54.5 Å². The minimum atomic E-state index is 0.0690. The van der Waals surface area contributed by atoms with Gasteiger partial charge in [0.2, 0.25) is 5.91 Å². The SMILES string of the molecule is O=C(Cc1cn2ccccc2n1)N1CCCC1c1ncc[nH]1. The molecule has 0 saturated carbocycles. The molecule has 4 heterocycles. The number of nitrogens with zero attached hydrogens (tertiary/aromatic N) is 4. The number of imidazole rings is 2. The van der Waals surface area contributed by atoms with Crippen molar-refractivity contribution >= 4 is 11.6 Å². The maximum absolute atomic E-state index is 12.6. The first kappa shape index (κ1) is 13.1. The monoisotopic (exact) mass is 295 g/mol. The number of likely N-dealkylation sites (tertiary alicyclic amines) is 1. The number of carbonyl (C=O) groups is 1. The van der Waals surface area contributed by atoms with Crippen molar-refractivity contribution in [1.82, 2.24) is 24.3 Å². The average Bonchev–Trinajstić information content (AvgIpc) is 3.25. The Hall–Kier alpha value is -2.63. The van der Waals surface area contributed by atoms with E-state index >= 15 is 0 Å². The molecule has 22 heavy (non-hydrogen) atoms. The van der Waals surface area contributed by atoms with Gasteiger partial charge in [-0.15, -0.1) is 0 Å². The van der Waals surface area contributed by atoms with Crippen LogP contribution < -0.4 is 0 Å². The Kier molecular flexibility index (Phi) is 3.14. The molecule has 0 aliphatic carbocycles. The van der Waals surface area contributed by atoms with Crippen LogP contribution in [0.5, 0.6) is 0 Å². The highest BCUT2D eigenvalue weighted by atomic mass is 16.2. The van der Waals surface area contributed by atoms with Gasteiger partial charge in [-0.25, -0.2) is 9.97 Å². The molecule has 0 spiro atoms. The lowest BCUT2D eigenvalue weighted by molar-refractivity contribution is -0.131. The fraction of sp³-hybridized carbons (Fsp3) is 0.312. The molecule has 112 valence electrons. The highest BCUT2D eigenvalue weighted by molar-refractivity contribution is 5.79. The van der Waals surface area contributed by atoms with Crippen LogP contribution in [0.2, 0.25) is 0 Å². The van der Waals surface area contributed by atoms with E-state index in [-0.39, 0.29) is 11.9 Å². The zero-order valence-corrected chi connectivity index (χ0v) is 12.1. The predicted octanol–water partition coefficient (Wildman–Crippen LogP) is 1.96. The van der Waals surface area contributed by atoms with E-state index in [1.54, 1.807) is 12.4 Å². The van der Waals surface area contributed by atoms with Crippen LogP contribution in [-0.2, 0) is 11.2 Å². The van der Waals surface area contributed by atoms with Crippen molar-refractivity contribution in [2.45, 2.75) is 25.3 Å². The second kappa shape index (κ2) is 5.29. The highest BCUT2D eigenvalue weighted by Crippen LogP contribution is 2.30. The molecule has 1 amide bonds. The molecule has 0 bridgehead atoms. The van der Waals surface area contributed by atoms with Gasteiger partial charge in [0.05, 0.1) is 18.2 Å². The average molecular weight is 295 g/mol. The van der Waals surface area contributed by atoms with E-state index in [0.29, 0.717) is 6.42 Å². The molecule has 6 heteroatoms. The maximum atomic E-state index is 12.6. The third-order valence-corrected chi connectivity index (χ3v) is 4.15. The Morgan fingerprint density at radius 1 is 1.41 bits per heavy atom. The first-order valence-corrected chi connectivity index (χ1v) is 7.52. The van der Waals surface area contributed by atoms with Crippen molar-refractivity contribution < 1.29 is 4.79 Å². The van der Waals surface area contributed by atoms with Gasteiger partial charge in [0.1, 0.15) is 11.5 Å². The van der Waals surface area contributed by atoms with Gasteiger partial charge in [-0.2, -0.15) is 0 Å². The second-order valence-corrected chi connectivity index (χ2v) is 5.59. The summed E-state index contributed by atoms with van der Waals surface area (Å²) in [6.07, 6.45) is 9.71. The van der Waals surface area contributed by atoms with Gasteiger partial charge in [0.15, 0.2) is 0 Å². The fourth-order valence-corrected chi connectivity index (χ4v) is 3.14. The lowest BCUT2D eigenvalue weighted by atomic mass is 10.2. The molecule has 4 rings (SSSR count). The number of hydrogen-bond acceptors (Lipinski definition) is 3. The molecule has 1 saturated heterocycles. The van der Waals surface area contributed by atoms with Crippen molar-refractivity contribution in [3.8, 4) is 0 Å². The van der Waals surface area contributed by atoms with Gasteiger partial charge < -0.3 is 14.3 Å². The van der Waals surface area contributed by atoms with Crippen molar-refractivity contribution in [1.29, 1.82) is 0 Å². The molecule has 1 unspecified atom stereocenters. The number of nitrogens with one attached hydrogen (secondary N) is 1. The molecule has 1 fully saturated rings. The largest absolute Gasteiger partial charge is 0.347 e. The second-order valence-electron chi connectivity index (χ2n) is 5.59. The molecular weight excluding hydrogens is 278 g/mol. The van der Waals surface area contributed by atoms with Crippen LogP contribution in [0.3, 0.4) is 0 Å². The van der Waals surface area contributed by atoms with E-state index in [0.717, 1.165) is 36.6 Å². The number of aromatic nitrogens is 4. The quantitative estimate of drug-likeness (QED) is 0.803. The smallest absolute Gasteiger partial charge is 0.229 e. The Bertz CT molecular complexity index is 759. The molecule has 0 radical (unpaired) electrons. The van der Waals surface area contributed by atoms with E-state index in [1.807, 2.05) is 39.9 Å². The first-order valence-electron chi connectivity index (χ1n) is 7.52. The maximum Gasteiger partial charge on any atom is 0.229 e. The summed E-state index contributed by atoms with van der Waals surface area (Å²) in [4.78, 5) is 26.5. The zero-order chi connectivity index (χ0) is 14.9. The standard InChI is InChI=1S/C16H17N5O/c22-15(10-12-11-20-8-2-1-5-14(20)19-12)21-9-3-4-13(21)16-17-6-7-18-16/h1-2,5-8,11,13H,3-4,9-10H2,(H,17,18). The molecule has 1 N–H and O–H groups in total. The highest BCUT2D eigenvalue weighted by Gasteiger charge is 2.31. The molecule has 1 atom stereocenters. The zero-order valence-electron chi connectivity index (χ0n) is 12.1. The Morgan fingerprint density at radius 3 is 3.18 bits per heavy atom. The summed E-state index contributed by atoms with van der Waals surface area (Å²) in [6, 6.07) is 5.91. The van der Waals surface area contributed by atoms with Gasteiger partial charge in [-0.3, -0.25) is 4.79 Å². The number of hydrogen-bond donors (Lipinski definition) is 1. The van der Waals surface area contributed by atoms with Crippen LogP contribution in [0, 0.1) is 0 Å². The first-order chi connectivity index (χ1) is 10.8. The van der Waals surface area contributed by atoms with Crippen LogP contribution in [-0.4, -0.2) is 36.7 Å². The topological polar surface area (TPSA) is 66.3 Å². The minimum absolute atomic E-state index is 0.0690. The normalized spacial score (nSPS) is 18.2. The van der Waals surface area contributed by atoms with Crippen molar-refractivity contribution in [2.75, 3.05) is 6.54 Å². The Balaban J connectivity index is 1.53. The Morgan fingerprint density at radius 2 is 2.36 bits per heavy atom. The number of amides is 1. The summed E-state index contributed by atoms with van der Waals surface area (Å²) in [7, 11) is 0. The van der Waals surface area contributed by atoms with Gasteiger partial charge in [0, 0.05) is 31.3 Å². The van der Waals surface area contributed by atoms with E-state index < -0.39 is 0 Å². The number of carbonyl (C=O) groups excluding carboxylic acids is 1. The number of pyridine rings is 1. The van der Waals surface area contributed by atoms with Crippen LogP contribution in [0.15, 0.2) is 43.0 Å². The number of fused-ring (bicyclic) bond motifs is 1. The molecule has 3 aromatic heterocycles. The summed E-state index contributed by atoms with van der Waals surface area (Å²) in [5.74, 6) is 0.989. The van der Waals surface area contributed by atoms with Crippen molar-refractivity contribution in [2.24, 2.45) is 0 Å². The van der Waals surface area contributed by atoms with Crippen LogP contribution in [0.1, 0.15) is 30.4 Å². The predicted molar refractivity (Wildman–Crippen MR) is 81.2 cm³/mol. The summed E-state index contributed by atoms with van der Waals surface area (Å²) in [6.45, 7) is 0.789. The van der Waals surface area contributed by atoms with Gasteiger partial charge >= 0.3 is 0 Å².